The van der Waals surface area contributed by atoms with Crippen LogP contribution in [0.5, 0.6) is 11.5 Å². The predicted molar refractivity (Wildman–Crippen MR) is 113 cm³/mol. The number of sulfonamides is 1. The van der Waals surface area contributed by atoms with E-state index in [1.807, 2.05) is 20.8 Å². The molecule has 8 heteroatoms. The summed E-state index contributed by atoms with van der Waals surface area (Å²) in [5.74, 6) is 0.570. The maximum absolute atomic E-state index is 13.4. The van der Waals surface area contributed by atoms with Crippen molar-refractivity contribution in [2.24, 2.45) is 5.92 Å². The molecule has 0 aromatic heterocycles. The number of nitrogens with one attached hydrogen (secondary N) is 1. The van der Waals surface area contributed by atoms with Crippen LogP contribution in [-0.2, 0) is 14.8 Å². The van der Waals surface area contributed by atoms with Crippen molar-refractivity contribution in [3.8, 4) is 11.5 Å². The second-order valence-corrected chi connectivity index (χ2v) is 8.83. The third kappa shape index (κ3) is 5.41. The van der Waals surface area contributed by atoms with Crippen LogP contribution in [0.3, 0.4) is 0 Å². The van der Waals surface area contributed by atoms with Gasteiger partial charge in [0, 0.05) is 12.1 Å². The number of nitrogens with zero attached hydrogens (tertiary/aromatic N) is 1. The van der Waals surface area contributed by atoms with Gasteiger partial charge in [0.25, 0.3) is 10.0 Å². The number of anilines is 1. The van der Waals surface area contributed by atoms with Crippen molar-refractivity contribution in [3.05, 3.63) is 48.5 Å². The van der Waals surface area contributed by atoms with Crippen LogP contribution in [0, 0.1) is 5.92 Å². The molecule has 0 aliphatic carbocycles. The van der Waals surface area contributed by atoms with Crippen molar-refractivity contribution < 1.29 is 22.7 Å². The van der Waals surface area contributed by atoms with E-state index in [9.17, 15) is 13.2 Å². The number of methoxy groups -OCH3 is 2. The van der Waals surface area contributed by atoms with Crippen molar-refractivity contribution in [2.75, 3.05) is 25.1 Å². The van der Waals surface area contributed by atoms with Gasteiger partial charge in [-0.15, -0.1) is 0 Å². The molecule has 29 heavy (non-hydrogen) atoms. The molecule has 0 fully saturated rings. The predicted octanol–water partition coefficient (Wildman–Crippen LogP) is 3.06. The minimum absolute atomic E-state index is 0.0783. The quantitative estimate of drug-likeness (QED) is 0.674. The van der Waals surface area contributed by atoms with Crippen LogP contribution in [0.1, 0.15) is 20.8 Å². The zero-order valence-electron chi connectivity index (χ0n) is 17.4. The summed E-state index contributed by atoms with van der Waals surface area (Å²) in [5.41, 5.74) is 0.225. The summed E-state index contributed by atoms with van der Waals surface area (Å²) in [5, 5.41) is 2.85. The van der Waals surface area contributed by atoms with E-state index >= 15 is 0 Å². The van der Waals surface area contributed by atoms with Crippen molar-refractivity contribution >= 4 is 21.6 Å². The van der Waals surface area contributed by atoms with E-state index in [-0.39, 0.29) is 22.5 Å². The number of carbonyl (C=O) groups excluding carboxylic acids is 1. The molecule has 0 aliphatic rings. The lowest BCUT2D eigenvalue weighted by atomic mass is 10.1. The van der Waals surface area contributed by atoms with E-state index in [0.717, 1.165) is 4.31 Å². The third-order valence-electron chi connectivity index (χ3n) is 4.66. The van der Waals surface area contributed by atoms with Gasteiger partial charge in [0.05, 0.1) is 24.8 Å². The molecule has 1 amide bonds. The van der Waals surface area contributed by atoms with Crippen LogP contribution in [0.4, 0.5) is 5.69 Å². The highest BCUT2D eigenvalue weighted by Crippen LogP contribution is 2.35. The maximum Gasteiger partial charge on any atom is 0.264 e. The maximum atomic E-state index is 13.4. The summed E-state index contributed by atoms with van der Waals surface area (Å²) >= 11 is 0. The smallest absolute Gasteiger partial charge is 0.264 e. The SMILES string of the molecule is COc1ccc(OC)c(N(CC(=O)N[C@@H](C)C(C)C)S(=O)(=O)c2ccccc2)c1. The summed E-state index contributed by atoms with van der Waals surface area (Å²) in [6.45, 7) is 5.45. The minimum Gasteiger partial charge on any atom is -0.497 e. The van der Waals surface area contributed by atoms with Gasteiger partial charge in [0.1, 0.15) is 18.0 Å². The fourth-order valence-electron chi connectivity index (χ4n) is 2.61. The van der Waals surface area contributed by atoms with E-state index in [0.29, 0.717) is 11.5 Å². The van der Waals surface area contributed by atoms with Crippen LogP contribution in [0.25, 0.3) is 0 Å². The number of amides is 1. The normalized spacial score (nSPS) is 12.3. The first kappa shape index (κ1) is 22.5. The van der Waals surface area contributed by atoms with Gasteiger partial charge in [0.2, 0.25) is 5.91 Å². The molecule has 0 unspecified atom stereocenters. The van der Waals surface area contributed by atoms with Gasteiger partial charge in [-0.25, -0.2) is 8.42 Å². The molecule has 2 aromatic carbocycles. The van der Waals surface area contributed by atoms with Gasteiger partial charge < -0.3 is 14.8 Å². The molecule has 0 saturated carbocycles. The first-order valence-corrected chi connectivity index (χ1v) is 10.7. The van der Waals surface area contributed by atoms with Gasteiger partial charge in [-0.3, -0.25) is 9.10 Å². The average Bonchev–Trinajstić information content (AvgIpc) is 2.71. The molecule has 158 valence electrons. The van der Waals surface area contributed by atoms with Gasteiger partial charge in [-0.2, -0.15) is 0 Å². The van der Waals surface area contributed by atoms with Crippen LogP contribution in [0.2, 0.25) is 0 Å². The third-order valence-corrected chi connectivity index (χ3v) is 6.44. The van der Waals surface area contributed by atoms with Crippen molar-refractivity contribution in [3.63, 3.8) is 0 Å². The average molecular weight is 421 g/mol. The first-order valence-electron chi connectivity index (χ1n) is 9.30. The Morgan fingerprint density at radius 2 is 1.69 bits per heavy atom. The highest BCUT2D eigenvalue weighted by atomic mass is 32.2. The standard InChI is InChI=1S/C21H28N2O5S/c1-15(2)16(3)22-21(24)14-23(29(25,26)18-9-7-6-8-10-18)19-13-17(27-4)11-12-20(19)28-5/h6-13,15-16H,14H2,1-5H3,(H,22,24)/t16-/m0/s1. The Bertz CT molecular complexity index is 929. The van der Waals surface area contributed by atoms with E-state index in [4.69, 9.17) is 9.47 Å². The molecule has 1 N–H and O–H groups in total. The van der Waals surface area contributed by atoms with Crippen LogP contribution >= 0.6 is 0 Å². The molecule has 2 aromatic rings. The zero-order valence-corrected chi connectivity index (χ0v) is 18.2. The van der Waals surface area contributed by atoms with Gasteiger partial charge in [-0.1, -0.05) is 32.0 Å². The number of carbonyl (C=O) groups is 1. The number of benzene rings is 2. The van der Waals surface area contributed by atoms with E-state index in [2.05, 4.69) is 5.32 Å². The lowest BCUT2D eigenvalue weighted by Gasteiger charge is -2.27. The Kier molecular flexibility index (Phi) is 7.50. The molecule has 0 radical (unpaired) electrons. The Hall–Kier alpha value is -2.74. The number of hydrogen-bond acceptors (Lipinski definition) is 5. The summed E-state index contributed by atoms with van der Waals surface area (Å²) in [7, 11) is -1.10. The second kappa shape index (κ2) is 9.65. The second-order valence-electron chi connectivity index (χ2n) is 6.96. The molecule has 1 atom stereocenters. The summed E-state index contributed by atoms with van der Waals surface area (Å²) in [6.07, 6.45) is 0. The first-order chi connectivity index (χ1) is 13.7. The highest BCUT2D eigenvalue weighted by molar-refractivity contribution is 7.92. The molecule has 0 bridgehead atoms. The topological polar surface area (TPSA) is 84.9 Å². The minimum atomic E-state index is -4.03. The number of hydrogen-bond donors (Lipinski definition) is 1. The lowest BCUT2D eigenvalue weighted by Crippen LogP contribution is -2.45. The molecule has 0 spiro atoms. The lowest BCUT2D eigenvalue weighted by molar-refractivity contribution is -0.120. The molecule has 7 nitrogen and oxygen atoms in total. The molecule has 0 saturated heterocycles. The Balaban J connectivity index is 2.54. The Labute approximate surface area is 172 Å². The van der Waals surface area contributed by atoms with Crippen LogP contribution < -0.4 is 19.1 Å². The van der Waals surface area contributed by atoms with Crippen molar-refractivity contribution in [1.29, 1.82) is 0 Å². The van der Waals surface area contributed by atoms with Crippen LogP contribution in [0.15, 0.2) is 53.4 Å². The van der Waals surface area contributed by atoms with E-state index in [1.165, 1.54) is 26.4 Å². The molecule has 2 rings (SSSR count). The summed E-state index contributed by atoms with van der Waals surface area (Å²) < 4.78 is 38.5. The number of ether oxygens (including phenoxy) is 2. The van der Waals surface area contributed by atoms with Crippen molar-refractivity contribution in [2.45, 2.75) is 31.7 Å². The molecule has 0 heterocycles. The Morgan fingerprint density at radius 3 is 2.24 bits per heavy atom. The fourth-order valence-corrected chi connectivity index (χ4v) is 4.05. The molecular weight excluding hydrogens is 392 g/mol. The molecular formula is C21H28N2O5S. The summed E-state index contributed by atoms with van der Waals surface area (Å²) in [4.78, 5) is 12.8. The Morgan fingerprint density at radius 1 is 1.03 bits per heavy atom. The van der Waals surface area contributed by atoms with Crippen LogP contribution in [-0.4, -0.2) is 41.1 Å². The van der Waals surface area contributed by atoms with E-state index < -0.39 is 22.5 Å². The monoisotopic (exact) mass is 420 g/mol. The van der Waals surface area contributed by atoms with Gasteiger partial charge >= 0.3 is 0 Å². The largest absolute Gasteiger partial charge is 0.497 e. The molecule has 0 aliphatic heterocycles. The van der Waals surface area contributed by atoms with E-state index in [1.54, 1.807) is 36.4 Å². The summed E-state index contributed by atoms with van der Waals surface area (Å²) in [6, 6.07) is 12.7. The van der Waals surface area contributed by atoms with Gasteiger partial charge in [-0.05, 0) is 37.1 Å². The van der Waals surface area contributed by atoms with Crippen molar-refractivity contribution in [1.82, 2.24) is 5.32 Å². The highest BCUT2D eigenvalue weighted by Gasteiger charge is 2.30. The number of rotatable bonds is 9. The zero-order chi connectivity index (χ0) is 21.6. The fraction of sp³-hybridized carbons (Fsp3) is 0.381. The van der Waals surface area contributed by atoms with Gasteiger partial charge in [0.15, 0.2) is 0 Å².